The van der Waals surface area contributed by atoms with Crippen LogP contribution in [-0.4, -0.2) is 41.1 Å². The van der Waals surface area contributed by atoms with Crippen molar-refractivity contribution in [2.45, 2.75) is 33.2 Å². The molecule has 1 aliphatic carbocycles. The van der Waals surface area contributed by atoms with Gasteiger partial charge in [-0.15, -0.1) is 0 Å². The van der Waals surface area contributed by atoms with Crippen LogP contribution in [0.5, 0.6) is 0 Å². The average Bonchev–Trinajstić information content (AvgIpc) is 3.38. The molecule has 144 valence electrons. The number of hydrogen-bond acceptors (Lipinski definition) is 5. The van der Waals surface area contributed by atoms with Crippen LogP contribution in [0.4, 0.5) is 5.69 Å². The van der Waals surface area contributed by atoms with Crippen LogP contribution in [0.25, 0.3) is 16.6 Å². The van der Waals surface area contributed by atoms with Crippen LogP contribution < -0.4 is 4.72 Å². The summed E-state index contributed by atoms with van der Waals surface area (Å²) in [6.07, 6.45) is 9.50. The minimum Gasteiger partial charge on any atom is -0.383 e. The number of aldehydes is 1. The molecule has 0 bridgehead atoms. The van der Waals surface area contributed by atoms with E-state index in [9.17, 15) is 4.79 Å². The van der Waals surface area contributed by atoms with E-state index in [-0.39, 0.29) is 0 Å². The predicted molar refractivity (Wildman–Crippen MR) is 116 cm³/mol. The second-order valence-electron chi connectivity index (χ2n) is 7.46. The third-order valence-electron chi connectivity index (χ3n) is 4.69. The van der Waals surface area contributed by atoms with E-state index in [1.807, 2.05) is 44.5 Å². The Bertz CT molecular complexity index is 907. The van der Waals surface area contributed by atoms with Gasteiger partial charge in [0.1, 0.15) is 17.6 Å². The molecule has 1 heterocycles. The van der Waals surface area contributed by atoms with Gasteiger partial charge in [0, 0.05) is 33.1 Å². The summed E-state index contributed by atoms with van der Waals surface area (Å²) in [7, 11) is 3.98. The van der Waals surface area contributed by atoms with Gasteiger partial charge in [-0.3, -0.25) is 4.79 Å². The van der Waals surface area contributed by atoms with Gasteiger partial charge in [-0.25, -0.2) is 4.98 Å². The zero-order chi connectivity index (χ0) is 19.6. The monoisotopic (exact) mass is 384 g/mol. The van der Waals surface area contributed by atoms with Gasteiger partial charge in [-0.05, 0) is 67.5 Å². The number of hydrogen-bond donors (Lipinski definition) is 1. The minimum absolute atomic E-state index is 0.699. The van der Waals surface area contributed by atoms with E-state index in [0.29, 0.717) is 5.57 Å². The number of allylic oxidation sites excluding steroid dienone is 3. The number of nitrogens with one attached hydrogen (secondary N) is 1. The lowest BCUT2D eigenvalue weighted by atomic mass is 10.0. The number of imidazole rings is 1. The number of rotatable bonds is 8. The number of aryl methyl sites for hydroxylation is 1. The number of nitrogens with zero attached hydrogens (tertiary/aromatic N) is 3. The highest BCUT2D eigenvalue weighted by molar-refractivity contribution is 7.99. The van der Waals surface area contributed by atoms with Crippen molar-refractivity contribution in [3.63, 3.8) is 0 Å². The summed E-state index contributed by atoms with van der Waals surface area (Å²) in [6.45, 7) is 4.94. The van der Waals surface area contributed by atoms with Crippen molar-refractivity contribution in [2.75, 3.05) is 25.1 Å². The van der Waals surface area contributed by atoms with Gasteiger partial charge in [0.15, 0.2) is 0 Å². The molecule has 1 fully saturated rings. The van der Waals surface area contributed by atoms with Crippen LogP contribution in [0.1, 0.15) is 31.2 Å². The van der Waals surface area contributed by atoms with Gasteiger partial charge in [-0.2, -0.15) is 0 Å². The van der Waals surface area contributed by atoms with Crippen LogP contribution in [0.3, 0.4) is 0 Å². The van der Waals surface area contributed by atoms with Gasteiger partial charge >= 0.3 is 0 Å². The molecule has 2 aromatic rings. The summed E-state index contributed by atoms with van der Waals surface area (Å²) in [5.41, 5.74) is 5.94. The van der Waals surface area contributed by atoms with Crippen LogP contribution in [0.2, 0.25) is 0 Å². The van der Waals surface area contributed by atoms with Gasteiger partial charge < -0.3 is 14.2 Å². The molecule has 0 amide bonds. The molecule has 3 rings (SSSR count). The molecule has 1 aromatic carbocycles. The zero-order valence-corrected chi connectivity index (χ0v) is 17.6. The third-order valence-corrected chi connectivity index (χ3v) is 5.12. The van der Waals surface area contributed by atoms with Gasteiger partial charge in [0.25, 0.3) is 0 Å². The number of fused-ring (bicyclic) bond motifs is 1. The van der Waals surface area contributed by atoms with E-state index in [4.69, 9.17) is 4.98 Å². The first kappa shape index (κ1) is 19.5. The van der Waals surface area contributed by atoms with Gasteiger partial charge in [0.2, 0.25) is 0 Å². The summed E-state index contributed by atoms with van der Waals surface area (Å²) < 4.78 is 5.72. The molecule has 0 aliphatic heterocycles. The van der Waals surface area contributed by atoms with Crippen LogP contribution >= 0.6 is 11.9 Å². The maximum absolute atomic E-state index is 11.2. The molecule has 0 atom stereocenters. The fourth-order valence-corrected chi connectivity index (χ4v) is 3.61. The standard InChI is InChI=1S/C21H28N4OS/c1-14(13-26)8-18(12-24(3)4)17-9-19(23-27-5)21-20(10-17)25(15(2)22-21)11-16-6-7-16/h8-10,12-13,16,23H,6-7,11H2,1-5H3/b14-8-,18-12+. The molecular formula is C21H28N4OS. The van der Waals surface area contributed by atoms with Gasteiger partial charge in [-0.1, -0.05) is 11.9 Å². The smallest absolute Gasteiger partial charge is 0.145 e. The molecule has 0 unspecified atom stereocenters. The largest absolute Gasteiger partial charge is 0.383 e. The van der Waals surface area contributed by atoms with Crippen molar-refractivity contribution in [1.29, 1.82) is 0 Å². The van der Waals surface area contributed by atoms with Crippen molar-refractivity contribution >= 4 is 40.5 Å². The van der Waals surface area contributed by atoms with Crippen LogP contribution in [-0.2, 0) is 11.3 Å². The molecule has 27 heavy (non-hydrogen) atoms. The first-order valence-corrected chi connectivity index (χ1v) is 10.5. The van der Waals surface area contributed by atoms with Crippen molar-refractivity contribution in [3.8, 4) is 0 Å². The summed E-state index contributed by atoms with van der Waals surface area (Å²) >= 11 is 1.56. The quantitative estimate of drug-likeness (QED) is 0.314. The van der Waals surface area contributed by atoms with Crippen molar-refractivity contribution in [3.05, 3.63) is 41.4 Å². The summed E-state index contributed by atoms with van der Waals surface area (Å²) in [5, 5.41) is 0. The molecule has 0 spiro atoms. The Kier molecular flexibility index (Phi) is 5.95. The number of aromatic nitrogens is 2. The number of anilines is 1. The Morgan fingerprint density at radius 3 is 2.74 bits per heavy atom. The van der Waals surface area contributed by atoms with Crippen LogP contribution in [0.15, 0.2) is 30.0 Å². The van der Waals surface area contributed by atoms with Crippen molar-refractivity contribution in [2.24, 2.45) is 5.92 Å². The molecule has 6 heteroatoms. The lowest BCUT2D eigenvalue weighted by Crippen LogP contribution is -2.04. The SMILES string of the molecule is CSNc1cc(C(/C=C(/C)C=O)=C/N(C)C)cc2c1nc(C)n2CC1CC1. The Balaban J connectivity index is 2.20. The summed E-state index contributed by atoms with van der Waals surface area (Å²) in [6, 6.07) is 4.32. The number of benzene rings is 1. The highest BCUT2D eigenvalue weighted by atomic mass is 32.2. The summed E-state index contributed by atoms with van der Waals surface area (Å²) in [5.74, 6) is 1.83. The molecule has 1 aliphatic rings. The van der Waals surface area contributed by atoms with E-state index in [1.54, 1.807) is 11.9 Å². The second kappa shape index (κ2) is 8.21. The van der Waals surface area contributed by atoms with Crippen LogP contribution in [0, 0.1) is 12.8 Å². The normalized spacial score (nSPS) is 15.3. The molecule has 1 saturated carbocycles. The molecule has 0 radical (unpaired) electrons. The third kappa shape index (κ3) is 4.56. The summed E-state index contributed by atoms with van der Waals surface area (Å²) in [4.78, 5) is 18.0. The van der Waals surface area contributed by atoms with E-state index in [2.05, 4.69) is 28.3 Å². The number of carbonyl (C=O) groups is 1. The lowest BCUT2D eigenvalue weighted by Gasteiger charge is -2.13. The van der Waals surface area contributed by atoms with E-state index >= 15 is 0 Å². The first-order chi connectivity index (χ1) is 12.9. The Morgan fingerprint density at radius 2 is 2.15 bits per heavy atom. The number of carbonyl (C=O) groups excluding carboxylic acids is 1. The Hall–Kier alpha value is -2.21. The predicted octanol–water partition coefficient (Wildman–Crippen LogP) is 4.49. The molecular weight excluding hydrogens is 356 g/mol. The van der Waals surface area contributed by atoms with E-state index in [1.165, 1.54) is 12.8 Å². The molecule has 1 aromatic heterocycles. The molecule has 5 nitrogen and oxygen atoms in total. The Labute approximate surface area is 165 Å². The van der Waals surface area contributed by atoms with Crippen molar-refractivity contribution in [1.82, 2.24) is 14.5 Å². The minimum atomic E-state index is 0.699. The Morgan fingerprint density at radius 1 is 1.41 bits per heavy atom. The maximum atomic E-state index is 11.2. The fourth-order valence-electron chi connectivity index (χ4n) is 3.24. The highest BCUT2D eigenvalue weighted by Gasteiger charge is 2.24. The zero-order valence-electron chi connectivity index (χ0n) is 16.7. The fraction of sp³-hybridized carbons (Fsp3) is 0.429. The van der Waals surface area contributed by atoms with Crippen molar-refractivity contribution < 1.29 is 4.79 Å². The van der Waals surface area contributed by atoms with Gasteiger partial charge in [0.05, 0.1) is 11.2 Å². The molecule has 0 saturated heterocycles. The van der Waals surface area contributed by atoms with E-state index < -0.39 is 0 Å². The van der Waals surface area contributed by atoms with E-state index in [0.717, 1.165) is 52.4 Å². The topological polar surface area (TPSA) is 50.2 Å². The molecule has 1 N–H and O–H groups in total. The maximum Gasteiger partial charge on any atom is 0.145 e. The lowest BCUT2D eigenvalue weighted by molar-refractivity contribution is -0.104. The highest BCUT2D eigenvalue weighted by Crippen LogP contribution is 2.35. The second-order valence-corrected chi connectivity index (χ2v) is 8.08. The first-order valence-electron chi connectivity index (χ1n) is 9.25. The average molecular weight is 385 g/mol.